The van der Waals surface area contributed by atoms with Crippen LogP contribution in [0.5, 0.6) is 0 Å². The molecule has 7 nitrogen and oxygen atoms in total. The molecule has 0 aromatic carbocycles. The number of morpholine rings is 1. The Kier molecular flexibility index (Phi) is 7.45. The van der Waals surface area contributed by atoms with Gasteiger partial charge in [-0.25, -0.2) is 8.42 Å². The fraction of sp³-hybridized carbons (Fsp3) is 0.706. The summed E-state index contributed by atoms with van der Waals surface area (Å²) in [5.74, 6) is 0.608. The summed E-state index contributed by atoms with van der Waals surface area (Å²) in [6.07, 6.45) is 1.26. The zero-order valence-electron chi connectivity index (χ0n) is 16.0. The molecule has 2 rings (SSSR count). The van der Waals surface area contributed by atoms with Gasteiger partial charge in [-0.15, -0.1) is 11.3 Å². The summed E-state index contributed by atoms with van der Waals surface area (Å²) in [7, 11) is -1.46. The first-order chi connectivity index (χ1) is 12.2. The zero-order chi connectivity index (χ0) is 19.2. The van der Waals surface area contributed by atoms with Crippen molar-refractivity contribution in [1.82, 2.24) is 15.5 Å². The molecule has 2 heterocycles. The molecule has 0 spiro atoms. The highest BCUT2D eigenvalue weighted by atomic mass is 32.2. The Morgan fingerprint density at radius 1 is 1.38 bits per heavy atom. The minimum absolute atomic E-state index is 0.236. The van der Waals surface area contributed by atoms with Crippen molar-refractivity contribution in [2.24, 2.45) is 4.99 Å². The predicted octanol–water partition coefficient (Wildman–Crippen LogP) is 1.11. The molecule has 26 heavy (non-hydrogen) atoms. The van der Waals surface area contributed by atoms with Crippen LogP contribution in [0.3, 0.4) is 0 Å². The molecular formula is C17H30N4O3S2. The summed E-state index contributed by atoms with van der Waals surface area (Å²) in [6.45, 7) is 7.71. The topological polar surface area (TPSA) is 83.0 Å². The summed E-state index contributed by atoms with van der Waals surface area (Å²) >= 11 is 1.74. The number of aliphatic imine (C=N–C) groups is 1. The van der Waals surface area contributed by atoms with E-state index < -0.39 is 14.6 Å². The number of sulfone groups is 1. The third-order valence-electron chi connectivity index (χ3n) is 4.73. The van der Waals surface area contributed by atoms with Crippen LogP contribution in [0.1, 0.15) is 24.8 Å². The largest absolute Gasteiger partial charge is 0.379 e. The highest BCUT2D eigenvalue weighted by molar-refractivity contribution is 7.92. The standard InChI is InChI=1S/C17H30N4O3S2/c1-17(2,26(4,22)23)13-20-16(18-3)19-12-14(15-6-5-11-25-15)21-7-9-24-10-8-21/h5-6,11,14H,7-10,12-13H2,1-4H3,(H2,18,19,20). The maximum atomic E-state index is 11.9. The van der Waals surface area contributed by atoms with Crippen molar-refractivity contribution in [2.75, 3.05) is 52.7 Å². The molecule has 0 amide bonds. The summed E-state index contributed by atoms with van der Waals surface area (Å²) in [4.78, 5) is 7.94. The van der Waals surface area contributed by atoms with E-state index in [1.807, 2.05) is 0 Å². The molecule has 0 aliphatic carbocycles. The van der Waals surface area contributed by atoms with Gasteiger partial charge < -0.3 is 15.4 Å². The van der Waals surface area contributed by atoms with Crippen LogP contribution in [-0.2, 0) is 14.6 Å². The highest BCUT2D eigenvalue weighted by Gasteiger charge is 2.30. The third-order valence-corrected chi connectivity index (χ3v) is 7.86. The van der Waals surface area contributed by atoms with Gasteiger partial charge in [0.05, 0.1) is 24.0 Å². The van der Waals surface area contributed by atoms with Crippen LogP contribution in [0.25, 0.3) is 0 Å². The van der Waals surface area contributed by atoms with Gasteiger partial charge in [-0.3, -0.25) is 9.89 Å². The summed E-state index contributed by atoms with van der Waals surface area (Å²) in [5.41, 5.74) is 0. The van der Waals surface area contributed by atoms with E-state index >= 15 is 0 Å². The number of guanidine groups is 1. The molecule has 1 aliphatic heterocycles. The summed E-state index contributed by atoms with van der Waals surface area (Å²) in [6, 6.07) is 4.45. The van der Waals surface area contributed by atoms with Crippen LogP contribution in [-0.4, -0.2) is 76.7 Å². The van der Waals surface area contributed by atoms with Crippen LogP contribution in [0, 0.1) is 0 Å². The van der Waals surface area contributed by atoms with E-state index in [0.29, 0.717) is 19.0 Å². The van der Waals surface area contributed by atoms with Gasteiger partial charge in [-0.2, -0.15) is 0 Å². The molecule has 1 aromatic heterocycles. The molecule has 148 valence electrons. The van der Waals surface area contributed by atoms with Gasteiger partial charge in [0.1, 0.15) is 0 Å². The molecule has 1 aliphatic rings. The van der Waals surface area contributed by atoms with Crippen LogP contribution >= 0.6 is 11.3 Å². The second-order valence-electron chi connectivity index (χ2n) is 7.02. The highest BCUT2D eigenvalue weighted by Crippen LogP contribution is 2.25. The average molecular weight is 403 g/mol. The molecule has 2 N–H and O–H groups in total. The third kappa shape index (κ3) is 5.67. The first-order valence-electron chi connectivity index (χ1n) is 8.74. The minimum atomic E-state index is -3.16. The molecule has 1 aromatic rings. The van der Waals surface area contributed by atoms with E-state index in [1.54, 1.807) is 32.2 Å². The van der Waals surface area contributed by atoms with E-state index in [9.17, 15) is 8.42 Å². The summed E-state index contributed by atoms with van der Waals surface area (Å²) < 4.78 is 28.3. The second-order valence-corrected chi connectivity index (χ2v) is 10.6. The number of rotatable bonds is 7. The molecule has 1 saturated heterocycles. The molecule has 1 atom stereocenters. The lowest BCUT2D eigenvalue weighted by atomic mass is 10.2. The van der Waals surface area contributed by atoms with Crippen molar-refractivity contribution < 1.29 is 13.2 Å². The zero-order valence-corrected chi connectivity index (χ0v) is 17.6. The lowest BCUT2D eigenvalue weighted by molar-refractivity contribution is 0.0177. The monoisotopic (exact) mass is 402 g/mol. The van der Waals surface area contributed by atoms with Crippen molar-refractivity contribution in [1.29, 1.82) is 0 Å². The Balaban J connectivity index is 1.97. The average Bonchev–Trinajstić information content (AvgIpc) is 3.12. The van der Waals surface area contributed by atoms with E-state index in [2.05, 4.69) is 38.0 Å². The second kappa shape index (κ2) is 9.16. The van der Waals surface area contributed by atoms with E-state index in [-0.39, 0.29) is 6.04 Å². The van der Waals surface area contributed by atoms with Gasteiger partial charge in [0.25, 0.3) is 0 Å². The van der Waals surface area contributed by atoms with E-state index in [0.717, 1.165) is 26.3 Å². The van der Waals surface area contributed by atoms with Crippen molar-refractivity contribution in [2.45, 2.75) is 24.6 Å². The number of nitrogens with zero attached hydrogens (tertiary/aromatic N) is 2. The first kappa shape index (κ1) is 21.1. The number of hydrogen-bond acceptors (Lipinski definition) is 6. The van der Waals surface area contributed by atoms with Crippen molar-refractivity contribution in [3.05, 3.63) is 22.4 Å². The van der Waals surface area contributed by atoms with Crippen molar-refractivity contribution in [3.8, 4) is 0 Å². The number of ether oxygens (including phenoxy) is 1. The quantitative estimate of drug-likeness (QED) is 0.525. The molecule has 0 radical (unpaired) electrons. The Morgan fingerprint density at radius 2 is 2.08 bits per heavy atom. The van der Waals surface area contributed by atoms with Crippen LogP contribution in [0.15, 0.2) is 22.5 Å². The molecule has 1 fully saturated rings. The number of thiophene rings is 1. The van der Waals surface area contributed by atoms with Gasteiger partial charge >= 0.3 is 0 Å². The molecule has 1 unspecified atom stereocenters. The molecular weight excluding hydrogens is 372 g/mol. The number of hydrogen-bond donors (Lipinski definition) is 2. The van der Waals surface area contributed by atoms with Gasteiger partial charge in [-0.1, -0.05) is 6.07 Å². The Bertz CT molecular complexity index is 681. The molecule has 0 saturated carbocycles. The smallest absolute Gasteiger partial charge is 0.191 e. The minimum Gasteiger partial charge on any atom is -0.379 e. The van der Waals surface area contributed by atoms with Crippen LogP contribution in [0.2, 0.25) is 0 Å². The van der Waals surface area contributed by atoms with Gasteiger partial charge in [0.2, 0.25) is 0 Å². The maximum Gasteiger partial charge on any atom is 0.191 e. The van der Waals surface area contributed by atoms with E-state index in [1.165, 1.54) is 11.1 Å². The lowest BCUT2D eigenvalue weighted by Crippen LogP contribution is -2.50. The Morgan fingerprint density at radius 3 is 2.62 bits per heavy atom. The fourth-order valence-electron chi connectivity index (χ4n) is 2.62. The van der Waals surface area contributed by atoms with Gasteiger partial charge in [0, 0.05) is 44.4 Å². The normalized spacial score (nSPS) is 18.5. The Labute approximate surface area is 160 Å². The molecule has 0 bridgehead atoms. The maximum absolute atomic E-state index is 11.9. The lowest BCUT2D eigenvalue weighted by Gasteiger charge is -2.34. The Hall–Kier alpha value is -1.16. The molecule has 9 heteroatoms. The first-order valence-corrected chi connectivity index (χ1v) is 11.5. The van der Waals surface area contributed by atoms with Crippen molar-refractivity contribution in [3.63, 3.8) is 0 Å². The van der Waals surface area contributed by atoms with Crippen LogP contribution in [0.4, 0.5) is 0 Å². The predicted molar refractivity (Wildman–Crippen MR) is 108 cm³/mol. The van der Waals surface area contributed by atoms with E-state index in [4.69, 9.17) is 4.74 Å². The van der Waals surface area contributed by atoms with Crippen molar-refractivity contribution >= 4 is 27.1 Å². The SMILES string of the molecule is CN=C(NCC(c1cccs1)N1CCOCC1)NCC(C)(C)S(C)(=O)=O. The van der Waals surface area contributed by atoms with Gasteiger partial charge in [0.15, 0.2) is 15.8 Å². The number of nitrogens with one attached hydrogen (secondary N) is 2. The van der Waals surface area contributed by atoms with Gasteiger partial charge in [-0.05, 0) is 25.3 Å². The summed E-state index contributed by atoms with van der Waals surface area (Å²) in [5, 5.41) is 8.57. The fourth-order valence-corrected chi connectivity index (χ4v) is 3.82. The van der Waals surface area contributed by atoms with Crippen LogP contribution < -0.4 is 10.6 Å².